The minimum absolute atomic E-state index is 0.248. The molecular formula is C20H30N2O4. The van der Waals surface area contributed by atoms with Gasteiger partial charge >= 0.3 is 5.97 Å². The number of hydrogen-bond acceptors (Lipinski definition) is 5. The summed E-state index contributed by atoms with van der Waals surface area (Å²) in [4.78, 5) is 28.1. The summed E-state index contributed by atoms with van der Waals surface area (Å²) in [5.41, 5.74) is -0.623. The number of esters is 1. The molecule has 6 heteroatoms. The fourth-order valence-corrected chi connectivity index (χ4v) is 3.31. The topological polar surface area (TPSA) is 67.9 Å². The second-order valence-electron chi connectivity index (χ2n) is 6.41. The summed E-state index contributed by atoms with van der Waals surface area (Å²) in [6.07, 6.45) is 1.19. The van der Waals surface area contributed by atoms with Gasteiger partial charge in [0, 0.05) is 19.6 Å². The van der Waals surface area contributed by atoms with Crippen molar-refractivity contribution in [3.8, 4) is 0 Å². The first-order chi connectivity index (χ1) is 12.6. The van der Waals surface area contributed by atoms with Crippen LogP contribution < -0.4 is 5.32 Å². The third kappa shape index (κ3) is 4.83. The Morgan fingerprint density at radius 2 is 1.88 bits per heavy atom. The highest BCUT2D eigenvalue weighted by Gasteiger charge is 2.47. The first kappa shape index (κ1) is 20.4. The van der Waals surface area contributed by atoms with E-state index in [1.54, 1.807) is 6.92 Å². The zero-order valence-electron chi connectivity index (χ0n) is 15.8. The lowest BCUT2D eigenvalue weighted by Gasteiger charge is -2.30. The van der Waals surface area contributed by atoms with Crippen LogP contribution in [0.15, 0.2) is 30.3 Å². The van der Waals surface area contributed by atoms with Crippen molar-refractivity contribution in [2.45, 2.75) is 32.1 Å². The number of nitrogens with zero attached hydrogens (tertiary/aromatic N) is 1. The van der Waals surface area contributed by atoms with E-state index in [9.17, 15) is 9.59 Å². The molecule has 0 bridgehead atoms. The number of nitrogens with one attached hydrogen (secondary N) is 1. The summed E-state index contributed by atoms with van der Waals surface area (Å²) in [6, 6.07) is 9.17. The maximum absolute atomic E-state index is 13.0. The zero-order chi connectivity index (χ0) is 18.8. The average Bonchev–Trinajstić information content (AvgIpc) is 2.68. The van der Waals surface area contributed by atoms with E-state index in [1.165, 1.54) is 0 Å². The molecule has 0 aromatic heterocycles. The van der Waals surface area contributed by atoms with Crippen molar-refractivity contribution in [3.63, 3.8) is 0 Å². The van der Waals surface area contributed by atoms with E-state index in [2.05, 4.69) is 10.2 Å². The molecule has 1 aromatic carbocycles. The van der Waals surface area contributed by atoms with Gasteiger partial charge in [-0.05, 0) is 31.9 Å². The van der Waals surface area contributed by atoms with Gasteiger partial charge in [-0.3, -0.25) is 14.5 Å². The molecule has 0 spiro atoms. The molecule has 0 radical (unpaired) electrons. The van der Waals surface area contributed by atoms with Crippen molar-refractivity contribution in [2.24, 2.45) is 0 Å². The molecule has 0 saturated carbocycles. The molecule has 1 aromatic rings. The number of hydrogen-bond donors (Lipinski definition) is 1. The Kier molecular flexibility index (Phi) is 8.06. The molecule has 1 aliphatic rings. The third-order valence-electron chi connectivity index (χ3n) is 4.85. The number of carbonyl (C=O) groups is 2. The minimum atomic E-state index is -1.30. The van der Waals surface area contributed by atoms with Gasteiger partial charge in [-0.25, -0.2) is 0 Å². The van der Waals surface area contributed by atoms with Crippen molar-refractivity contribution < 1.29 is 19.1 Å². The van der Waals surface area contributed by atoms with Gasteiger partial charge < -0.3 is 14.8 Å². The predicted molar refractivity (Wildman–Crippen MR) is 99.9 cm³/mol. The Labute approximate surface area is 155 Å². The van der Waals surface area contributed by atoms with E-state index in [0.717, 1.165) is 39.3 Å². The standard InChI is InChI=1S/C20H30N2O4/c1-3-20(19(24)26-4-2,17-9-6-5-7-10-17)18(23)21-11-8-12-22-13-15-25-16-14-22/h5-7,9-10H,3-4,8,11-16H2,1-2H3,(H,21,23). The SMILES string of the molecule is CCOC(=O)C(CC)(C(=O)NCCCN1CCOCC1)c1ccccc1. The molecule has 1 fully saturated rings. The second kappa shape index (κ2) is 10.3. The van der Waals surface area contributed by atoms with Crippen LogP contribution >= 0.6 is 0 Å². The highest BCUT2D eigenvalue weighted by Crippen LogP contribution is 2.30. The first-order valence-corrected chi connectivity index (χ1v) is 9.46. The van der Waals surface area contributed by atoms with E-state index in [0.29, 0.717) is 18.5 Å². The number of benzene rings is 1. The van der Waals surface area contributed by atoms with Crippen molar-refractivity contribution in [3.05, 3.63) is 35.9 Å². The monoisotopic (exact) mass is 362 g/mol. The quantitative estimate of drug-likeness (QED) is 0.412. The molecule has 1 aliphatic heterocycles. The Morgan fingerprint density at radius 1 is 1.19 bits per heavy atom. The predicted octanol–water partition coefficient (Wildman–Crippen LogP) is 1.74. The summed E-state index contributed by atoms with van der Waals surface area (Å²) in [5, 5.41) is 2.95. The van der Waals surface area contributed by atoms with Gasteiger partial charge in [0.2, 0.25) is 5.91 Å². The highest BCUT2D eigenvalue weighted by molar-refractivity contribution is 6.08. The maximum Gasteiger partial charge on any atom is 0.326 e. The van der Waals surface area contributed by atoms with Crippen LogP contribution in [0.25, 0.3) is 0 Å². The van der Waals surface area contributed by atoms with Crippen LogP contribution in [0.5, 0.6) is 0 Å². The normalized spacial score (nSPS) is 17.3. The summed E-state index contributed by atoms with van der Waals surface area (Å²) in [7, 11) is 0. The van der Waals surface area contributed by atoms with Crippen molar-refractivity contribution in [1.29, 1.82) is 0 Å². The van der Waals surface area contributed by atoms with Gasteiger partial charge in [-0.2, -0.15) is 0 Å². The minimum Gasteiger partial charge on any atom is -0.465 e. The maximum atomic E-state index is 13.0. The average molecular weight is 362 g/mol. The van der Waals surface area contributed by atoms with Crippen LogP contribution in [0.4, 0.5) is 0 Å². The summed E-state index contributed by atoms with van der Waals surface area (Å²) in [5.74, 6) is -0.772. The lowest BCUT2D eigenvalue weighted by atomic mass is 9.77. The van der Waals surface area contributed by atoms with E-state index < -0.39 is 11.4 Å². The molecule has 1 saturated heterocycles. The van der Waals surface area contributed by atoms with Crippen molar-refractivity contribution in [1.82, 2.24) is 10.2 Å². The Morgan fingerprint density at radius 3 is 2.50 bits per heavy atom. The molecule has 0 aliphatic carbocycles. The van der Waals surface area contributed by atoms with Gasteiger partial charge in [-0.15, -0.1) is 0 Å². The third-order valence-corrected chi connectivity index (χ3v) is 4.85. The van der Waals surface area contributed by atoms with E-state index in [4.69, 9.17) is 9.47 Å². The van der Waals surface area contributed by atoms with Gasteiger partial charge in [0.15, 0.2) is 5.41 Å². The molecule has 1 N–H and O–H groups in total. The van der Waals surface area contributed by atoms with Crippen LogP contribution in [0.3, 0.4) is 0 Å². The summed E-state index contributed by atoms with van der Waals surface area (Å²) < 4.78 is 10.6. The number of carbonyl (C=O) groups excluding carboxylic acids is 2. The molecule has 2 rings (SSSR count). The molecule has 144 valence electrons. The molecular weight excluding hydrogens is 332 g/mol. The van der Waals surface area contributed by atoms with Crippen LogP contribution in [0.1, 0.15) is 32.3 Å². The lowest BCUT2D eigenvalue weighted by molar-refractivity contribution is -0.155. The van der Waals surface area contributed by atoms with Gasteiger partial charge in [-0.1, -0.05) is 37.3 Å². The smallest absolute Gasteiger partial charge is 0.326 e. The molecule has 6 nitrogen and oxygen atoms in total. The van der Waals surface area contributed by atoms with Gasteiger partial charge in [0.25, 0.3) is 0 Å². The molecule has 1 amide bonds. The summed E-state index contributed by atoms with van der Waals surface area (Å²) in [6.45, 7) is 8.68. The molecule has 1 heterocycles. The van der Waals surface area contributed by atoms with Crippen LogP contribution in [-0.4, -0.2) is 62.8 Å². The molecule has 26 heavy (non-hydrogen) atoms. The molecule has 1 atom stereocenters. The van der Waals surface area contributed by atoms with Crippen LogP contribution in [0.2, 0.25) is 0 Å². The number of rotatable bonds is 9. The Hall–Kier alpha value is -1.92. The fourth-order valence-electron chi connectivity index (χ4n) is 3.31. The fraction of sp³-hybridized carbons (Fsp3) is 0.600. The number of ether oxygens (including phenoxy) is 2. The lowest BCUT2D eigenvalue weighted by Crippen LogP contribution is -2.51. The van der Waals surface area contributed by atoms with E-state index in [1.807, 2.05) is 37.3 Å². The van der Waals surface area contributed by atoms with Crippen molar-refractivity contribution >= 4 is 11.9 Å². The highest BCUT2D eigenvalue weighted by atomic mass is 16.5. The number of amides is 1. The second-order valence-corrected chi connectivity index (χ2v) is 6.41. The van der Waals surface area contributed by atoms with Gasteiger partial charge in [0.1, 0.15) is 0 Å². The Bertz CT molecular complexity index is 572. The first-order valence-electron chi connectivity index (χ1n) is 9.46. The Balaban J connectivity index is 2.02. The number of morpholine rings is 1. The molecule has 1 unspecified atom stereocenters. The van der Waals surface area contributed by atoms with E-state index in [-0.39, 0.29) is 12.5 Å². The van der Waals surface area contributed by atoms with Crippen LogP contribution in [0, 0.1) is 0 Å². The summed E-state index contributed by atoms with van der Waals surface area (Å²) >= 11 is 0. The van der Waals surface area contributed by atoms with Gasteiger partial charge in [0.05, 0.1) is 19.8 Å². The van der Waals surface area contributed by atoms with Crippen LogP contribution in [-0.2, 0) is 24.5 Å². The zero-order valence-corrected chi connectivity index (χ0v) is 15.8. The van der Waals surface area contributed by atoms with E-state index >= 15 is 0 Å². The van der Waals surface area contributed by atoms with Crippen molar-refractivity contribution in [2.75, 3.05) is 46.0 Å². The largest absolute Gasteiger partial charge is 0.465 e.